The van der Waals surface area contributed by atoms with Crippen molar-refractivity contribution in [2.75, 3.05) is 13.2 Å². The number of ether oxygens (including phenoxy) is 1. The number of amides is 1. The fraction of sp³-hybridized carbons (Fsp3) is 0.320. The maximum absolute atomic E-state index is 13.3. The molecule has 9 heteroatoms. The normalized spacial score (nSPS) is 16.0. The lowest BCUT2D eigenvalue weighted by atomic mass is 10.0. The molecule has 0 radical (unpaired) electrons. The Hall–Kier alpha value is -2.87. The molecule has 1 saturated heterocycles. The predicted molar refractivity (Wildman–Crippen MR) is 132 cm³/mol. The van der Waals surface area contributed by atoms with Gasteiger partial charge in [-0.15, -0.1) is 0 Å². The first-order valence-electron chi connectivity index (χ1n) is 11.2. The minimum atomic E-state index is -0.506. The first-order chi connectivity index (χ1) is 16.3. The van der Waals surface area contributed by atoms with Crippen molar-refractivity contribution >= 4 is 35.1 Å². The van der Waals surface area contributed by atoms with E-state index in [-0.39, 0.29) is 11.7 Å². The van der Waals surface area contributed by atoms with Crippen molar-refractivity contribution in [1.29, 1.82) is 0 Å². The standard InChI is InChI=1S/C25H26Cl2N4O3/c1-4-34-25(33)21-6-5-13-30(21)29-24(32)22-16(3)23(17-9-7-15(2)8-10-17)31(28-22)20-12-11-18(26)14-19(20)27/h7-12,14,21H,4-6,13H2,1-3H3,(H,29,32). The van der Waals surface area contributed by atoms with Crippen molar-refractivity contribution < 1.29 is 14.3 Å². The van der Waals surface area contributed by atoms with Gasteiger partial charge in [-0.1, -0.05) is 53.0 Å². The molecule has 3 aromatic rings. The number of carbonyl (C=O) groups excluding carboxylic acids is 2. The van der Waals surface area contributed by atoms with Crippen LogP contribution in [0.3, 0.4) is 0 Å². The van der Waals surface area contributed by atoms with E-state index in [1.807, 2.05) is 38.1 Å². The SMILES string of the molecule is CCOC(=O)C1CCCN1NC(=O)c1nn(-c2ccc(Cl)cc2Cl)c(-c2ccc(C)cc2)c1C. The highest BCUT2D eigenvalue weighted by Gasteiger charge is 2.34. The van der Waals surface area contributed by atoms with E-state index in [1.54, 1.807) is 34.8 Å². The smallest absolute Gasteiger partial charge is 0.325 e. The van der Waals surface area contributed by atoms with Crippen LogP contribution in [0.5, 0.6) is 0 Å². The average Bonchev–Trinajstić information content (AvgIpc) is 3.39. The average molecular weight is 501 g/mol. The summed E-state index contributed by atoms with van der Waals surface area (Å²) in [5.74, 6) is -0.735. The van der Waals surface area contributed by atoms with Gasteiger partial charge < -0.3 is 4.74 Å². The first-order valence-corrected chi connectivity index (χ1v) is 11.9. The van der Waals surface area contributed by atoms with Crippen molar-refractivity contribution in [1.82, 2.24) is 20.2 Å². The second kappa shape index (κ2) is 10.2. The number of benzene rings is 2. The Balaban J connectivity index is 1.74. The molecule has 0 bridgehead atoms. The summed E-state index contributed by atoms with van der Waals surface area (Å²) in [4.78, 5) is 25.6. The Kier molecular flexibility index (Phi) is 7.26. The third kappa shape index (κ3) is 4.82. The second-order valence-corrected chi connectivity index (χ2v) is 9.08. The van der Waals surface area contributed by atoms with E-state index < -0.39 is 11.9 Å². The van der Waals surface area contributed by atoms with E-state index in [0.717, 1.165) is 23.2 Å². The Bertz CT molecular complexity index is 1220. The summed E-state index contributed by atoms with van der Waals surface area (Å²) in [5, 5.41) is 7.21. The number of hydrogen-bond donors (Lipinski definition) is 1. The third-order valence-electron chi connectivity index (χ3n) is 5.86. The molecule has 7 nitrogen and oxygen atoms in total. The molecular formula is C25H26Cl2N4O3. The summed E-state index contributed by atoms with van der Waals surface area (Å²) >= 11 is 12.6. The summed E-state index contributed by atoms with van der Waals surface area (Å²) in [5.41, 5.74) is 7.17. The molecule has 1 unspecified atom stereocenters. The van der Waals surface area contributed by atoms with Crippen molar-refractivity contribution in [3.05, 3.63) is 69.3 Å². The molecule has 34 heavy (non-hydrogen) atoms. The molecule has 1 fully saturated rings. The number of carbonyl (C=O) groups is 2. The number of aromatic nitrogens is 2. The van der Waals surface area contributed by atoms with Gasteiger partial charge in [0.25, 0.3) is 5.91 Å². The molecule has 1 atom stereocenters. The van der Waals surface area contributed by atoms with Gasteiger partial charge in [-0.25, -0.2) is 9.69 Å². The highest BCUT2D eigenvalue weighted by Crippen LogP contribution is 2.33. The van der Waals surface area contributed by atoms with Crippen molar-refractivity contribution in [3.63, 3.8) is 0 Å². The van der Waals surface area contributed by atoms with E-state index in [4.69, 9.17) is 27.9 Å². The van der Waals surface area contributed by atoms with Gasteiger partial charge in [0.15, 0.2) is 5.69 Å². The lowest BCUT2D eigenvalue weighted by Crippen LogP contribution is -2.49. The molecule has 0 saturated carbocycles. The molecular weight excluding hydrogens is 475 g/mol. The van der Waals surface area contributed by atoms with E-state index in [0.29, 0.717) is 40.9 Å². The number of rotatable bonds is 6. The number of nitrogens with one attached hydrogen (secondary N) is 1. The van der Waals surface area contributed by atoms with E-state index in [2.05, 4.69) is 10.5 Å². The summed E-state index contributed by atoms with van der Waals surface area (Å²) < 4.78 is 6.83. The minimum absolute atomic E-state index is 0.246. The number of halogens is 2. The largest absolute Gasteiger partial charge is 0.465 e. The highest BCUT2D eigenvalue weighted by atomic mass is 35.5. The molecule has 0 aliphatic carbocycles. The zero-order chi connectivity index (χ0) is 24.4. The Morgan fingerprint density at radius 2 is 1.88 bits per heavy atom. The van der Waals surface area contributed by atoms with Gasteiger partial charge in [0.1, 0.15) is 6.04 Å². The summed E-state index contributed by atoms with van der Waals surface area (Å²) in [6.45, 7) is 6.48. The minimum Gasteiger partial charge on any atom is -0.465 e. The molecule has 0 spiro atoms. The number of aryl methyl sites for hydroxylation is 1. The molecule has 1 aromatic heterocycles. The Morgan fingerprint density at radius 1 is 1.15 bits per heavy atom. The number of hydrazine groups is 1. The van der Waals surface area contributed by atoms with Crippen LogP contribution < -0.4 is 5.43 Å². The van der Waals surface area contributed by atoms with Gasteiger partial charge in [0.2, 0.25) is 0 Å². The Morgan fingerprint density at radius 3 is 2.56 bits per heavy atom. The van der Waals surface area contributed by atoms with Crippen LogP contribution in [0.1, 0.15) is 41.4 Å². The lowest BCUT2D eigenvalue weighted by Gasteiger charge is -2.23. The van der Waals surface area contributed by atoms with Gasteiger partial charge in [-0.05, 0) is 51.8 Å². The molecule has 2 heterocycles. The maximum atomic E-state index is 13.3. The van der Waals surface area contributed by atoms with Crippen molar-refractivity contribution in [2.45, 2.75) is 39.7 Å². The van der Waals surface area contributed by atoms with E-state index >= 15 is 0 Å². The number of hydrogen-bond acceptors (Lipinski definition) is 5. The van der Waals surface area contributed by atoms with Crippen LogP contribution in [-0.2, 0) is 9.53 Å². The van der Waals surface area contributed by atoms with Crippen LogP contribution in [0.25, 0.3) is 16.9 Å². The lowest BCUT2D eigenvalue weighted by molar-refractivity contribution is -0.149. The summed E-state index contributed by atoms with van der Waals surface area (Å²) in [7, 11) is 0. The summed E-state index contributed by atoms with van der Waals surface area (Å²) in [6, 6.07) is 12.6. The molecule has 1 aliphatic rings. The van der Waals surface area contributed by atoms with Crippen LogP contribution in [0.2, 0.25) is 10.0 Å². The van der Waals surface area contributed by atoms with Gasteiger partial charge in [0, 0.05) is 22.7 Å². The molecule has 1 aliphatic heterocycles. The van der Waals surface area contributed by atoms with Gasteiger partial charge in [0.05, 0.1) is 23.0 Å². The van der Waals surface area contributed by atoms with E-state index in [1.165, 1.54) is 0 Å². The fourth-order valence-corrected chi connectivity index (χ4v) is 4.65. The van der Waals surface area contributed by atoms with Crippen LogP contribution in [0.15, 0.2) is 42.5 Å². The molecule has 1 N–H and O–H groups in total. The second-order valence-electron chi connectivity index (χ2n) is 8.24. The van der Waals surface area contributed by atoms with Crippen molar-refractivity contribution in [2.24, 2.45) is 0 Å². The number of nitrogens with zero attached hydrogens (tertiary/aromatic N) is 3. The van der Waals surface area contributed by atoms with Crippen LogP contribution >= 0.6 is 23.2 Å². The zero-order valence-electron chi connectivity index (χ0n) is 19.3. The highest BCUT2D eigenvalue weighted by molar-refractivity contribution is 6.35. The van der Waals surface area contributed by atoms with Crippen LogP contribution in [0, 0.1) is 13.8 Å². The molecule has 2 aromatic carbocycles. The topological polar surface area (TPSA) is 76.5 Å². The monoisotopic (exact) mass is 500 g/mol. The van der Waals surface area contributed by atoms with Crippen LogP contribution in [0.4, 0.5) is 0 Å². The fourth-order valence-electron chi connectivity index (χ4n) is 4.16. The third-order valence-corrected chi connectivity index (χ3v) is 6.39. The quantitative estimate of drug-likeness (QED) is 0.474. The molecule has 1 amide bonds. The van der Waals surface area contributed by atoms with Gasteiger partial charge in [-0.3, -0.25) is 15.0 Å². The maximum Gasteiger partial charge on any atom is 0.325 e. The Labute approximate surface area is 208 Å². The van der Waals surface area contributed by atoms with Gasteiger partial charge >= 0.3 is 5.97 Å². The zero-order valence-corrected chi connectivity index (χ0v) is 20.8. The molecule has 178 valence electrons. The van der Waals surface area contributed by atoms with Crippen LogP contribution in [-0.4, -0.2) is 45.9 Å². The van der Waals surface area contributed by atoms with Gasteiger partial charge in [-0.2, -0.15) is 5.10 Å². The first kappa shape index (κ1) is 24.3. The van der Waals surface area contributed by atoms with Crippen molar-refractivity contribution in [3.8, 4) is 16.9 Å². The number of esters is 1. The van der Waals surface area contributed by atoms with E-state index in [9.17, 15) is 9.59 Å². The predicted octanol–water partition coefficient (Wildman–Crippen LogP) is 5.14. The molecule has 4 rings (SSSR count). The summed E-state index contributed by atoms with van der Waals surface area (Å²) in [6.07, 6.45) is 1.41.